The van der Waals surface area contributed by atoms with Gasteiger partial charge in [-0.1, -0.05) is 39.0 Å². The van der Waals surface area contributed by atoms with Crippen LogP contribution in [0.5, 0.6) is 0 Å². The molecule has 0 radical (unpaired) electrons. The maximum absolute atomic E-state index is 12.2. The number of hydrogen-bond acceptors (Lipinski definition) is 2. The summed E-state index contributed by atoms with van der Waals surface area (Å²) in [6, 6.07) is 0. The predicted molar refractivity (Wildman–Crippen MR) is 76.5 cm³/mol. The number of carbonyl (C=O) groups excluding carboxylic acids is 1. The first-order valence-electron chi connectivity index (χ1n) is 7.70. The highest BCUT2D eigenvalue weighted by Gasteiger charge is 2.24. The van der Waals surface area contributed by atoms with Crippen molar-refractivity contribution in [1.29, 1.82) is 0 Å². The van der Waals surface area contributed by atoms with E-state index < -0.39 is 0 Å². The van der Waals surface area contributed by atoms with Crippen LogP contribution in [-0.4, -0.2) is 26.0 Å². The van der Waals surface area contributed by atoms with Gasteiger partial charge < -0.3 is 10.6 Å². The molecule has 0 spiro atoms. The van der Waals surface area contributed by atoms with Crippen LogP contribution >= 0.6 is 0 Å². The number of nitrogens with one attached hydrogen (secondary N) is 2. The van der Waals surface area contributed by atoms with Crippen LogP contribution in [0.1, 0.15) is 58.3 Å². The minimum absolute atomic E-state index is 0.257. The van der Waals surface area contributed by atoms with Crippen LogP contribution in [0.4, 0.5) is 0 Å². The quantitative estimate of drug-likeness (QED) is 0.621. The molecule has 18 heavy (non-hydrogen) atoms. The van der Waals surface area contributed by atoms with Gasteiger partial charge in [0.2, 0.25) is 5.91 Å². The summed E-state index contributed by atoms with van der Waals surface area (Å²) in [5.41, 5.74) is 0. The highest BCUT2D eigenvalue weighted by atomic mass is 16.1. The van der Waals surface area contributed by atoms with E-state index in [1.807, 2.05) is 7.05 Å². The Balaban J connectivity index is 2.27. The molecule has 1 aliphatic rings. The van der Waals surface area contributed by atoms with Crippen LogP contribution in [0.2, 0.25) is 0 Å². The van der Waals surface area contributed by atoms with Crippen molar-refractivity contribution >= 4 is 5.91 Å². The second-order valence-electron chi connectivity index (χ2n) is 5.62. The Labute approximate surface area is 112 Å². The zero-order valence-corrected chi connectivity index (χ0v) is 12.1. The molecule has 0 aromatic rings. The van der Waals surface area contributed by atoms with Gasteiger partial charge in [-0.25, -0.2) is 0 Å². The highest BCUT2D eigenvalue weighted by Crippen LogP contribution is 2.31. The summed E-state index contributed by atoms with van der Waals surface area (Å²) in [5.74, 6) is 1.36. The van der Waals surface area contributed by atoms with Gasteiger partial charge in [0.15, 0.2) is 0 Å². The molecule has 0 saturated heterocycles. The molecule has 1 aliphatic carbocycles. The fourth-order valence-electron chi connectivity index (χ4n) is 2.97. The average molecular weight is 254 g/mol. The van der Waals surface area contributed by atoms with Gasteiger partial charge in [-0.15, -0.1) is 0 Å². The number of amides is 1. The molecule has 1 saturated carbocycles. The Morgan fingerprint density at radius 2 is 2.00 bits per heavy atom. The van der Waals surface area contributed by atoms with Crippen molar-refractivity contribution in [2.75, 3.05) is 20.1 Å². The standard InChI is InChI=1S/C15H30N2O/c1-3-7-14(12-13-8-4-5-9-13)15(18)17-11-6-10-16-2/h13-14,16H,3-12H2,1-2H3,(H,17,18). The Kier molecular flexibility index (Phi) is 8.06. The molecule has 3 heteroatoms. The monoisotopic (exact) mass is 254 g/mol. The molecule has 3 nitrogen and oxygen atoms in total. The van der Waals surface area contributed by atoms with Gasteiger partial charge in [0.25, 0.3) is 0 Å². The normalized spacial score (nSPS) is 17.9. The third-order valence-corrected chi connectivity index (χ3v) is 4.00. The number of carbonyl (C=O) groups is 1. The van der Waals surface area contributed by atoms with E-state index >= 15 is 0 Å². The van der Waals surface area contributed by atoms with E-state index in [1.165, 1.54) is 25.7 Å². The van der Waals surface area contributed by atoms with Gasteiger partial charge in [-0.2, -0.15) is 0 Å². The summed E-state index contributed by atoms with van der Waals surface area (Å²) in [7, 11) is 1.95. The third-order valence-electron chi connectivity index (χ3n) is 4.00. The lowest BCUT2D eigenvalue weighted by Gasteiger charge is -2.19. The first kappa shape index (κ1) is 15.5. The molecule has 0 aromatic carbocycles. The number of rotatable bonds is 9. The molecule has 1 amide bonds. The molecule has 1 atom stereocenters. The van der Waals surface area contributed by atoms with Crippen molar-refractivity contribution in [3.8, 4) is 0 Å². The highest BCUT2D eigenvalue weighted by molar-refractivity contribution is 5.78. The maximum Gasteiger partial charge on any atom is 0.223 e. The van der Waals surface area contributed by atoms with Gasteiger partial charge >= 0.3 is 0 Å². The third kappa shape index (κ3) is 5.85. The van der Waals surface area contributed by atoms with Crippen molar-refractivity contribution in [3.63, 3.8) is 0 Å². The Morgan fingerprint density at radius 3 is 2.61 bits per heavy atom. The van der Waals surface area contributed by atoms with E-state index in [0.717, 1.165) is 44.7 Å². The van der Waals surface area contributed by atoms with Gasteiger partial charge in [-0.3, -0.25) is 4.79 Å². The summed E-state index contributed by atoms with van der Waals surface area (Å²) in [4.78, 5) is 12.2. The van der Waals surface area contributed by atoms with Crippen LogP contribution in [-0.2, 0) is 4.79 Å². The first-order valence-corrected chi connectivity index (χ1v) is 7.70. The Hall–Kier alpha value is -0.570. The van der Waals surface area contributed by atoms with Crippen LogP contribution in [0.3, 0.4) is 0 Å². The van der Waals surface area contributed by atoms with Crippen molar-refractivity contribution in [2.45, 2.75) is 58.3 Å². The van der Waals surface area contributed by atoms with Crippen molar-refractivity contribution in [2.24, 2.45) is 11.8 Å². The SMILES string of the molecule is CCCC(CC1CCCC1)C(=O)NCCCNC. The van der Waals surface area contributed by atoms with E-state index in [9.17, 15) is 4.79 Å². The molecule has 106 valence electrons. The van der Waals surface area contributed by atoms with Crippen molar-refractivity contribution in [1.82, 2.24) is 10.6 Å². The largest absolute Gasteiger partial charge is 0.356 e. The molecule has 0 heterocycles. The summed E-state index contributed by atoms with van der Waals surface area (Å²) in [6.07, 6.45) is 9.72. The van der Waals surface area contributed by atoms with Crippen molar-refractivity contribution in [3.05, 3.63) is 0 Å². The summed E-state index contributed by atoms with van der Waals surface area (Å²) in [5, 5.41) is 6.20. The minimum Gasteiger partial charge on any atom is -0.356 e. The van der Waals surface area contributed by atoms with E-state index in [2.05, 4.69) is 17.6 Å². The molecular weight excluding hydrogens is 224 g/mol. The van der Waals surface area contributed by atoms with E-state index in [0.29, 0.717) is 5.91 Å². The smallest absolute Gasteiger partial charge is 0.223 e. The Morgan fingerprint density at radius 1 is 1.28 bits per heavy atom. The summed E-state index contributed by atoms with van der Waals surface area (Å²) >= 11 is 0. The van der Waals surface area contributed by atoms with E-state index in [4.69, 9.17) is 0 Å². The zero-order valence-electron chi connectivity index (χ0n) is 12.1. The van der Waals surface area contributed by atoms with Gasteiger partial charge in [0.05, 0.1) is 0 Å². The molecule has 1 fully saturated rings. The van der Waals surface area contributed by atoms with Crippen LogP contribution in [0.25, 0.3) is 0 Å². The van der Waals surface area contributed by atoms with Gasteiger partial charge in [0, 0.05) is 12.5 Å². The maximum atomic E-state index is 12.2. The summed E-state index contributed by atoms with van der Waals surface area (Å²) < 4.78 is 0. The fourth-order valence-corrected chi connectivity index (χ4v) is 2.97. The van der Waals surface area contributed by atoms with Crippen LogP contribution in [0, 0.1) is 11.8 Å². The molecule has 2 N–H and O–H groups in total. The van der Waals surface area contributed by atoms with Crippen molar-refractivity contribution < 1.29 is 4.79 Å². The first-order chi connectivity index (χ1) is 8.77. The zero-order chi connectivity index (χ0) is 13.2. The van der Waals surface area contributed by atoms with Gasteiger partial charge in [-0.05, 0) is 38.8 Å². The lowest BCUT2D eigenvalue weighted by molar-refractivity contribution is -0.125. The lowest BCUT2D eigenvalue weighted by atomic mass is 9.89. The lowest BCUT2D eigenvalue weighted by Crippen LogP contribution is -2.33. The molecule has 1 rings (SSSR count). The minimum atomic E-state index is 0.257. The second-order valence-corrected chi connectivity index (χ2v) is 5.62. The average Bonchev–Trinajstić information content (AvgIpc) is 2.87. The summed E-state index contributed by atoms with van der Waals surface area (Å²) in [6.45, 7) is 3.96. The number of hydrogen-bond donors (Lipinski definition) is 2. The topological polar surface area (TPSA) is 41.1 Å². The van der Waals surface area contributed by atoms with E-state index in [1.54, 1.807) is 0 Å². The molecule has 1 unspecified atom stereocenters. The molecule has 0 bridgehead atoms. The Bertz CT molecular complexity index is 225. The van der Waals surface area contributed by atoms with E-state index in [-0.39, 0.29) is 5.92 Å². The molecule has 0 aliphatic heterocycles. The second kappa shape index (κ2) is 9.37. The molecule has 0 aromatic heterocycles. The fraction of sp³-hybridized carbons (Fsp3) is 0.933. The van der Waals surface area contributed by atoms with Crippen LogP contribution < -0.4 is 10.6 Å². The molecular formula is C15H30N2O. The van der Waals surface area contributed by atoms with Crippen LogP contribution in [0.15, 0.2) is 0 Å². The van der Waals surface area contributed by atoms with Gasteiger partial charge in [0.1, 0.15) is 0 Å². The predicted octanol–water partition coefficient (Wildman–Crippen LogP) is 2.71.